The van der Waals surface area contributed by atoms with E-state index in [1.807, 2.05) is 35.1 Å². The predicted molar refractivity (Wildman–Crippen MR) is 177 cm³/mol. The van der Waals surface area contributed by atoms with Crippen molar-refractivity contribution < 1.29 is 50.6 Å². The summed E-state index contributed by atoms with van der Waals surface area (Å²) in [6.45, 7) is 3.85. The molecule has 0 radical (unpaired) electrons. The van der Waals surface area contributed by atoms with Crippen molar-refractivity contribution in [1.82, 2.24) is 25.2 Å². The lowest BCUT2D eigenvalue weighted by molar-refractivity contribution is -0.141. The molecule has 7 rings (SSSR count). The molecule has 1 aromatic carbocycles. The number of fused-ring (bicyclic) bond motifs is 10. The van der Waals surface area contributed by atoms with Gasteiger partial charge in [0, 0.05) is 31.8 Å². The zero-order valence-electron chi connectivity index (χ0n) is 27.9. The Hall–Kier alpha value is -4.54. The van der Waals surface area contributed by atoms with Crippen molar-refractivity contribution in [3.05, 3.63) is 53.6 Å². The van der Waals surface area contributed by atoms with Crippen molar-refractivity contribution in [2.24, 2.45) is 5.92 Å². The fourth-order valence-corrected chi connectivity index (χ4v) is 8.29. The fraction of sp³-hybridized carbons (Fsp3) is 0.559. The van der Waals surface area contributed by atoms with Crippen LogP contribution in [0.5, 0.6) is 0 Å². The van der Waals surface area contributed by atoms with Crippen LogP contribution in [0.4, 0.5) is 18.4 Å². The number of nitrogens with zero attached hydrogens (tertiary/aromatic N) is 2. The molecule has 14 nitrogen and oxygen atoms in total. The molecule has 3 N–H and O–H groups in total. The second-order valence-corrected chi connectivity index (χ2v) is 15.6. The van der Waals surface area contributed by atoms with E-state index in [-0.39, 0.29) is 32.5 Å². The van der Waals surface area contributed by atoms with Gasteiger partial charge in [-0.3, -0.25) is 19.1 Å². The summed E-state index contributed by atoms with van der Waals surface area (Å²) in [4.78, 5) is 69.7. The highest BCUT2D eigenvalue weighted by atomic mass is 32.2. The van der Waals surface area contributed by atoms with Crippen LogP contribution < -0.4 is 15.4 Å². The second kappa shape index (κ2) is 14.6. The molecule has 2 aliphatic carbocycles. The van der Waals surface area contributed by atoms with Gasteiger partial charge in [0.05, 0.1) is 18.4 Å². The maximum absolute atomic E-state index is 14.0. The number of halogens is 2. The van der Waals surface area contributed by atoms with Crippen LogP contribution in [0.25, 0.3) is 6.08 Å². The highest BCUT2D eigenvalue weighted by molar-refractivity contribution is 7.91. The molecule has 4 aliphatic heterocycles. The molecule has 2 saturated carbocycles. The monoisotopic (exact) mass is 733 g/mol. The smallest absolute Gasteiger partial charge is 0.410 e. The molecule has 0 spiro atoms. The van der Waals surface area contributed by atoms with E-state index in [0.717, 1.165) is 21.6 Å². The molecule has 51 heavy (non-hydrogen) atoms. The average Bonchev–Trinajstić information content (AvgIpc) is 4.01. The minimum absolute atomic E-state index is 0.0302. The fourth-order valence-electron chi connectivity index (χ4n) is 6.92. The highest BCUT2D eigenvalue weighted by Crippen LogP contribution is 2.45. The predicted octanol–water partition coefficient (Wildman–Crippen LogP) is 2.38. The Balaban J connectivity index is 1.26. The Morgan fingerprint density at radius 2 is 1.98 bits per heavy atom. The summed E-state index contributed by atoms with van der Waals surface area (Å²) in [5.74, 6) is -3.53. The molecule has 0 unspecified atom stereocenters. The standard InChI is InChI=1S/C34H41F2N5O9S/c1-2-22-17-34(22,31(44)39-51(47,48)24-10-11-24)38-29(42)27-15-23-19-41(27)30(43)26(16-28(35)36)37-32(45)49-14-5-3-4-7-20-8-6-9-21-18-40(33(46)50-23)13-12-25(20)21/h2,4,6-9,22-24,26-28H,1,3,5,10-19H2,(H,37,45)(H,38,42)(H,39,44)/b7-4+/t22-,23-,26+,27+,34-/m1/s1. The number of carbonyl (C=O) groups excluding carboxylic acids is 5. The molecule has 6 aliphatic rings. The van der Waals surface area contributed by atoms with Gasteiger partial charge in [0.15, 0.2) is 0 Å². The van der Waals surface area contributed by atoms with Gasteiger partial charge in [0.2, 0.25) is 28.3 Å². The van der Waals surface area contributed by atoms with Crippen molar-refractivity contribution in [3.8, 4) is 0 Å². The summed E-state index contributed by atoms with van der Waals surface area (Å²) >= 11 is 0. The Kier molecular flexibility index (Phi) is 10.4. The number of alkyl carbamates (subject to hydrolysis) is 1. The largest absolute Gasteiger partial charge is 0.450 e. The number of sulfonamides is 1. The van der Waals surface area contributed by atoms with Crippen LogP contribution in [0.1, 0.15) is 61.6 Å². The number of rotatable bonds is 8. The topological polar surface area (TPSA) is 181 Å². The van der Waals surface area contributed by atoms with E-state index < -0.39 is 87.7 Å². The van der Waals surface area contributed by atoms with Crippen molar-refractivity contribution in [3.63, 3.8) is 0 Å². The number of allylic oxidation sites excluding steroid dienone is 1. The van der Waals surface area contributed by atoms with Crippen LogP contribution in [0.3, 0.4) is 0 Å². The van der Waals surface area contributed by atoms with Crippen LogP contribution in [0.2, 0.25) is 0 Å². The minimum Gasteiger partial charge on any atom is -0.450 e. The number of carbonyl (C=O) groups is 5. The van der Waals surface area contributed by atoms with E-state index in [1.54, 1.807) is 0 Å². The SMILES string of the molecule is C=C[C@@H]1C[C@]1(NC(=O)[C@@H]1C[C@@H]2CN1C(=O)[C@H](CC(F)F)NC(=O)OCCC/C=C/c1cccc3c1CCN(C3)C(=O)O2)C(=O)NS(=O)(=O)C1CC1. The Bertz CT molecular complexity index is 1740. The summed E-state index contributed by atoms with van der Waals surface area (Å²) < 4.78 is 65.6. The molecule has 3 fully saturated rings. The maximum atomic E-state index is 14.0. The third kappa shape index (κ3) is 8.02. The van der Waals surface area contributed by atoms with E-state index >= 15 is 0 Å². The summed E-state index contributed by atoms with van der Waals surface area (Å²) in [5.41, 5.74) is 1.32. The van der Waals surface area contributed by atoms with E-state index in [0.29, 0.717) is 38.6 Å². The zero-order chi connectivity index (χ0) is 36.5. The second-order valence-electron chi connectivity index (χ2n) is 13.6. The van der Waals surface area contributed by atoms with Gasteiger partial charge in [-0.1, -0.05) is 36.4 Å². The number of nitrogens with one attached hydrogen (secondary N) is 3. The van der Waals surface area contributed by atoms with Gasteiger partial charge >= 0.3 is 12.2 Å². The molecule has 5 amide bonds. The van der Waals surface area contributed by atoms with E-state index in [9.17, 15) is 41.2 Å². The van der Waals surface area contributed by atoms with Crippen molar-refractivity contribution in [2.45, 2.75) is 93.3 Å². The summed E-state index contributed by atoms with van der Waals surface area (Å²) in [6.07, 6.45) is 0.379. The lowest BCUT2D eigenvalue weighted by Crippen LogP contribution is -2.58. The summed E-state index contributed by atoms with van der Waals surface area (Å²) in [7, 11) is -3.97. The van der Waals surface area contributed by atoms with Crippen molar-refractivity contribution in [1.29, 1.82) is 0 Å². The van der Waals surface area contributed by atoms with Crippen LogP contribution >= 0.6 is 0 Å². The van der Waals surface area contributed by atoms with Crippen molar-refractivity contribution >= 4 is 46.0 Å². The first-order valence-corrected chi connectivity index (χ1v) is 18.6. The van der Waals surface area contributed by atoms with Gasteiger partial charge in [0.1, 0.15) is 23.7 Å². The van der Waals surface area contributed by atoms with Gasteiger partial charge < -0.3 is 29.9 Å². The van der Waals surface area contributed by atoms with Crippen LogP contribution in [0.15, 0.2) is 36.9 Å². The lowest BCUT2D eigenvalue weighted by Gasteiger charge is -2.30. The van der Waals surface area contributed by atoms with E-state index in [4.69, 9.17) is 9.47 Å². The number of amides is 5. The number of ether oxygens (including phenoxy) is 2. The Labute approximate surface area is 294 Å². The van der Waals surface area contributed by atoms with E-state index in [1.165, 1.54) is 11.0 Å². The molecular weight excluding hydrogens is 692 g/mol. The first kappa shape index (κ1) is 36.3. The molecule has 17 heteroatoms. The average molecular weight is 734 g/mol. The third-order valence-corrected chi connectivity index (χ3v) is 11.8. The zero-order valence-corrected chi connectivity index (χ0v) is 28.7. The maximum Gasteiger partial charge on any atom is 0.410 e. The van der Waals surface area contributed by atoms with Crippen molar-refractivity contribution in [2.75, 3.05) is 19.7 Å². The normalized spacial score (nSPS) is 29.0. The molecule has 4 heterocycles. The van der Waals surface area contributed by atoms with Crippen LogP contribution in [-0.4, -0.2) is 103 Å². The molecule has 0 aromatic heterocycles. The first-order valence-electron chi connectivity index (χ1n) is 17.1. The lowest BCUT2D eigenvalue weighted by atomic mass is 9.94. The quantitative estimate of drug-likeness (QED) is 0.338. The number of hydrogen-bond donors (Lipinski definition) is 3. The van der Waals surface area contributed by atoms with Crippen LogP contribution in [0, 0.1) is 5.92 Å². The molecule has 1 saturated heterocycles. The van der Waals surface area contributed by atoms with Gasteiger partial charge in [0.25, 0.3) is 5.91 Å². The van der Waals surface area contributed by atoms with Gasteiger partial charge in [-0.15, -0.1) is 6.58 Å². The summed E-state index contributed by atoms with van der Waals surface area (Å²) in [5, 5.41) is 4.08. The van der Waals surface area contributed by atoms with Gasteiger partial charge in [-0.05, 0) is 55.2 Å². The third-order valence-electron chi connectivity index (χ3n) is 9.97. The van der Waals surface area contributed by atoms with Crippen LogP contribution in [-0.2, 0) is 46.8 Å². The van der Waals surface area contributed by atoms with E-state index in [2.05, 4.69) is 17.2 Å². The van der Waals surface area contributed by atoms with Gasteiger partial charge in [-0.2, -0.15) is 0 Å². The number of hydrogen-bond acceptors (Lipinski definition) is 9. The highest BCUT2D eigenvalue weighted by Gasteiger charge is 2.62. The molecule has 1 aromatic rings. The first-order chi connectivity index (χ1) is 24.3. The molecular formula is C34H41F2N5O9S. The minimum atomic E-state index is -3.97. The Morgan fingerprint density at radius 3 is 2.69 bits per heavy atom. The number of benzene rings is 1. The Morgan fingerprint density at radius 1 is 1.20 bits per heavy atom. The number of alkyl halides is 2. The molecule has 276 valence electrons. The molecule has 5 atom stereocenters. The van der Waals surface area contributed by atoms with Gasteiger partial charge in [-0.25, -0.2) is 26.8 Å². The summed E-state index contributed by atoms with van der Waals surface area (Å²) in [6, 6.07) is 2.53. The molecule has 6 bridgehead atoms.